The van der Waals surface area contributed by atoms with E-state index >= 15 is 0 Å². The van der Waals surface area contributed by atoms with Gasteiger partial charge < -0.3 is 5.11 Å². The van der Waals surface area contributed by atoms with E-state index < -0.39 is 5.97 Å². The van der Waals surface area contributed by atoms with E-state index in [1.807, 2.05) is 12.1 Å². The van der Waals surface area contributed by atoms with Crippen LogP contribution in [0.3, 0.4) is 0 Å². The number of aromatic carboxylic acids is 1. The van der Waals surface area contributed by atoms with Gasteiger partial charge in [0.2, 0.25) is 0 Å². The van der Waals surface area contributed by atoms with Crippen LogP contribution < -0.4 is 0 Å². The summed E-state index contributed by atoms with van der Waals surface area (Å²) in [4.78, 5) is 28.4. The first-order valence-electron chi connectivity index (χ1n) is 8.56. The summed E-state index contributed by atoms with van der Waals surface area (Å²) in [5.41, 5.74) is 2.82. The Bertz CT molecular complexity index is 1060. The number of aryl methyl sites for hydroxylation is 1. The van der Waals surface area contributed by atoms with Crippen LogP contribution in [0.4, 0.5) is 5.69 Å². The summed E-state index contributed by atoms with van der Waals surface area (Å²) in [5, 5.41) is 12.0. The van der Waals surface area contributed by atoms with Gasteiger partial charge in [-0.05, 0) is 40.6 Å². The van der Waals surface area contributed by atoms with Crippen LogP contribution in [0.25, 0.3) is 15.3 Å². The second-order valence-corrected chi connectivity index (χ2v) is 7.55. The maximum atomic E-state index is 12.5. The monoisotopic (exact) mass is 409 g/mol. The minimum absolute atomic E-state index is 0.0530. The molecule has 6 heteroatoms. The molecule has 3 aromatic rings. The molecule has 0 aliphatic rings. The van der Waals surface area contributed by atoms with E-state index in [0.717, 1.165) is 11.1 Å². The fourth-order valence-electron chi connectivity index (χ4n) is 2.98. The molecule has 1 N–H and O–H groups in total. The van der Waals surface area contributed by atoms with Crippen molar-refractivity contribution in [2.24, 2.45) is 0 Å². The Kier molecular flexibility index (Phi) is 6.25. The van der Waals surface area contributed by atoms with Gasteiger partial charge in [-0.15, -0.1) is 11.3 Å². The zero-order chi connectivity index (χ0) is 20.1. The molecule has 0 aliphatic carbocycles. The van der Waals surface area contributed by atoms with Gasteiger partial charge in [-0.25, -0.2) is 9.64 Å². The minimum Gasteiger partial charge on any atom is -0.478 e. The van der Waals surface area contributed by atoms with Gasteiger partial charge in [0.15, 0.2) is 5.69 Å². The molecule has 28 heavy (non-hydrogen) atoms. The van der Waals surface area contributed by atoms with Gasteiger partial charge >= 0.3 is 5.97 Å². The smallest absolute Gasteiger partial charge is 0.337 e. The molecule has 0 saturated carbocycles. The van der Waals surface area contributed by atoms with Crippen molar-refractivity contribution in [2.45, 2.75) is 19.3 Å². The van der Waals surface area contributed by atoms with Gasteiger partial charge in [0.05, 0.1) is 12.1 Å². The summed E-state index contributed by atoms with van der Waals surface area (Å²) in [6, 6.07) is 14.2. The van der Waals surface area contributed by atoms with Crippen LogP contribution in [0.15, 0.2) is 53.9 Å². The Labute approximate surface area is 171 Å². The van der Waals surface area contributed by atoms with E-state index in [2.05, 4.69) is 4.85 Å². The Morgan fingerprint density at radius 2 is 1.79 bits per heavy atom. The Morgan fingerprint density at radius 1 is 1.07 bits per heavy atom. The molecular weight excluding hydrogens is 394 g/mol. The first kappa shape index (κ1) is 19.8. The van der Waals surface area contributed by atoms with Crippen molar-refractivity contribution in [2.75, 3.05) is 0 Å². The van der Waals surface area contributed by atoms with E-state index in [4.69, 9.17) is 18.2 Å². The fraction of sp³-hybridized carbons (Fsp3) is 0.136. The summed E-state index contributed by atoms with van der Waals surface area (Å²) in [6.45, 7) is 7.19. The lowest BCUT2D eigenvalue weighted by Gasteiger charge is -2.05. The molecule has 1 aromatic heterocycles. The number of halogens is 1. The molecule has 3 rings (SSSR count). The van der Waals surface area contributed by atoms with E-state index in [-0.39, 0.29) is 24.2 Å². The Hall–Kier alpha value is -2.94. The van der Waals surface area contributed by atoms with Gasteiger partial charge in [-0.2, -0.15) is 0 Å². The third kappa shape index (κ3) is 4.48. The van der Waals surface area contributed by atoms with E-state index in [9.17, 15) is 14.7 Å². The average Bonchev–Trinajstić information content (AvgIpc) is 3.11. The maximum Gasteiger partial charge on any atom is 0.337 e. The molecule has 0 saturated heterocycles. The second-order valence-electron chi connectivity index (χ2n) is 6.23. The highest BCUT2D eigenvalue weighted by Gasteiger charge is 2.21. The summed E-state index contributed by atoms with van der Waals surface area (Å²) in [6.07, 6.45) is 0.789. The number of hydrogen-bond donors (Lipinski definition) is 1. The number of ketones is 1. The molecular formula is C22H16ClNO3S. The number of carbonyl (C=O) groups excluding carboxylic acids is 1. The highest BCUT2D eigenvalue weighted by atomic mass is 35.5. The highest BCUT2D eigenvalue weighted by molar-refractivity contribution is 7.14. The van der Waals surface area contributed by atoms with Gasteiger partial charge in [0.25, 0.3) is 0 Å². The van der Waals surface area contributed by atoms with Crippen molar-refractivity contribution in [3.63, 3.8) is 0 Å². The topological polar surface area (TPSA) is 58.7 Å². The zero-order valence-electron chi connectivity index (χ0n) is 14.8. The van der Waals surface area contributed by atoms with Gasteiger partial charge in [0.1, 0.15) is 5.78 Å². The Morgan fingerprint density at radius 3 is 2.46 bits per heavy atom. The van der Waals surface area contributed by atoms with Gasteiger partial charge in [-0.1, -0.05) is 48.0 Å². The van der Waals surface area contributed by atoms with Crippen molar-refractivity contribution >= 4 is 40.4 Å². The van der Waals surface area contributed by atoms with Gasteiger partial charge in [-0.3, -0.25) is 4.79 Å². The maximum absolute atomic E-state index is 12.5. The molecule has 0 bridgehead atoms. The molecule has 0 aliphatic heterocycles. The number of thiophene rings is 1. The van der Waals surface area contributed by atoms with E-state index in [1.165, 1.54) is 11.3 Å². The van der Waals surface area contributed by atoms with E-state index in [1.54, 1.807) is 41.8 Å². The first-order chi connectivity index (χ1) is 13.5. The average molecular weight is 410 g/mol. The number of carboxylic acid groups (broad SMARTS) is 1. The molecule has 0 unspecified atom stereocenters. The number of carboxylic acids is 1. The van der Waals surface area contributed by atoms with Crippen LogP contribution in [-0.2, 0) is 17.6 Å². The lowest BCUT2D eigenvalue weighted by molar-refractivity contribution is -0.118. The molecule has 0 radical (unpaired) electrons. The van der Waals surface area contributed by atoms with Crippen molar-refractivity contribution in [3.05, 3.63) is 87.0 Å². The molecule has 4 nitrogen and oxygen atoms in total. The molecule has 0 amide bonds. The van der Waals surface area contributed by atoms with Crippen molar-refractivity contribution in [1.82, 2.24) is 0 Å². The fourth-order valence-corrected chi connectivity index (χ4v) is 4.17. The number of benzene rings is 2. The molecule has 0 atom stereocenters. The molecule has 2 aromatic carbocycles. The lowest BCUT2D eigenvalue weighted by atomic mass is 9.99. The summed E-state index contributed by atoms with van der Waals surface area (Å²) < 4.78 is 0. The van der Waals surface area contributed by atoms with E-state index in [0.29, 0.717) is 27.6 Å². The molecule has 0 spiro atoms. The second kappa shape index (κ2) is 8.83. The lowest BCUT2D eigenvalue weighted by Crippen LogP contribution is -2.08. The summed E-state index contributed by atoms with van der Waals surface area (Å²) in [5.74, 6) is -1.10. The van der Waals surface area contributed by atoms with Crippen LogP contribution in [0.1, 0.15) is 27.9 Å². The molecule has 140 valence electrons. The largest absolute Gasteiger partial charge is 0.478 e. The number of Topliss-reactive ketones (excluding diaryl/α,β-unsaturated/α-hetero) is 1. The number of carbonyl (C=O) groups is 2. The van der Waals surface area contributed by atoms with Crippen LogP contribution in [-0.4, -0.2) is 16.9 Å². The minimum atomic E-state index is -1.05. The number of nitrogens with zero attached hydrogens (tertiary/aromatic N) is 1. The predicted molar refractivity (Wildman–Crippen MR) is 111 cm³/mol. The zero-order valence-corrected chi connectivity index (χ0v) is 16.4. The van der Waals surface area contributed by atoms with Crippen LogP contribution in [0.5, 0.6) is 0 Å². The molecule has 1 heterocycles. The Balaban J connectivity index is 1.77. The SMILES string of the molecule is [C-]#[N+]c1ccccc1CCC(=O)Cc1csc(-c2ccc(Cl)cc2)c1C(=O)O. The quantitative estimate of drug-likeness (QED) is 0.482. The van der Waals surface area contributed by atoms with Crippen molar-refractivity contribution in [1.29, 1.82) is 0 Å². The number of para-hydroxylation sites is 1. The third-order valence-corrected chi connectivity index (χ3v) is 5.69. The summed E-state index contributed by atoms with van der Waals surface area (Å²) in [7, 11) is 0. The third-order valence-electron chi connectivity index (χ3n) is 4.36. The number of rotatable bonds is 7. The first-order valence-corrected chi connectivity index (χ1v) is 9.82. The summed E-state index contributed by atoms with van der Waals surface area (Å²) >= 11 is 7.22. The normalized spacial score (nSPS) is 10.4. The van der Waals surface area contributed by atoms with Crippen molar-refractivity contribution < 1.29 is 14.7 Å². The molecule has 0 fully saturated rings. The van der Waals surface area contributed by atoms with Crippen molar-refractivity contribution in [3.8, 4) is 10.4 Å². The number of hydrogen-bond acceptors (Lipinski definition) is 3. The van der Waals surface area contributed by atoms with Crippen LogP contribution in [0.2, 0.25) is 5.02 Å². The van der Waals surface area contributed by atoms with Crippen LogP contribution in [0, 0.1) is 6.57 Å². The van der Waals surface area contributed by atoms with Crippen LogP contribution >= 0.6 is 22.9 Å². The standard InChI is InChI=1S/C22H16ClNO3S/c1-24-19-5-3-2-4-14(19)8-11-18(25)12-16-13-28-21(20(16)22(26)27)15-6-9-17(23)10-7-15/h2-7,9-10,13H,8,11-12H2,(H,26,27). The predicted octanol–water partition coefficient (Wildman–Crippen LogP) is 6.06. The van der Waals surface area contributed by atoms with Gasteiger partial charge in [0, 0.05) is 22.7 Å². The highest BCUT2D eigenvalue weighted by Crippen LogP contribution is 2.34.